The molecule has 0 aliphatic rings. The summed E-state index contributed by atoms with van der Waals surface area (Å²) in [6.07, 6.45) is 4.41. The first kappa shape index (κ1) is 16.3. The zero-order chi connectivity index (χ0) is 17.6. The highest BCUT2D eigenvalue weighted by atomic mass is 16.2. The molecule has 0 bridgehead atoms. The molecule has 0 aliphatic heterocycles. The Morgan fingerprint density at radius 2 is 1.56 bits per heavy atom. The van der Waals surface area contributed by atoms with E-state index in [4.69, 9.17) is 0 Å². The van der Waals surface area contributed by atoms with Crippen LogP contribution in [0.2, 0.25) is 0 Å². The maximum atomic E-state index is 12.2. The minimum absolute atomic E-state index is 0.208. The lowest BCUT2D eigenvalue weighted by Gasteiger charge is -2.06. The molecule has 3 rings (SSSR count). The van der Waals surface area contributed by atoms with Gasteiger partial charge >= 0.3 is 0 Å². The molecule has 3 aromatic rings. The van der Waals surface area contributed by atoms with Crippen molar-refractivity contribution in [1.82, 2.24) is 15.0 Å². The number of nitrogens with one attached hydrogen (secondary N) is 2. The molecule has 0 radical (unpaired) electrons. The van der Waals surface area contributed by atoms with E-state index in [1.807, 2.05) is 30.3 Å². The lowest BCUT2D eigenvalue weighted by Crippen LogP contribution is -2.13. The molecule has 0 fully saturated rings. The minimum atomic E-state index is -0.339. The molecular formula is C18H15N5O2. The van der Waals surface area contributed by atoms with Crippen LogP contribution in [-0.2, 0) is 4.79 Å². The monoisotopic (exact) mass is 333 g/mol. The number of pyridine rings is 1. The number of carbonyl (C=O) groups excluding carboxylic acids is 2. The third kappa shape index (κ3) is 4.23. The Morgan fingerprint density at radius 1 is 0.840 bits per heavy atom. The van der Waals surface area contributed by atoms with Crippen LogP contribution < -0.4 is 10.6 Å². The molecule has 2 aromatic heterocycles. The molecule has 0 spiro atoms. The van der Waals surface area contributed by atoms with Crippen LogP contribution in [0.4, 0.5) is 11.5 Å². The average molecular weight is 333 g/mol. The van der Waals surface area contributed by atoms with Gasteiger partial charge in [0.1, 0.15) is 5.82 Å². The van der Waals surface area contributed by atoms with E-state index >= 15 is 0 Å². The number of aromatic nitrogens is 3. The molecule has 0 aliphatic carbocycles. The van der Waals surface area contributed by atoms with Gasteiger partial charge < -0.3 is 10.6 Å². The topological polar surface area (TPSA) is 96.9 Å². The van der Waals surface area contributed by atoms with Crippen LogP contribution in [0.1, 0.15) is 17.3 Å². The average Bonchev–Trinajstić information content (AvgIpc) is 2.64. The highest BCUT2D eigenvalue weighted by molar-refractivity contribution is 6.03. The van der Waals surface area contributed by atoms with Crippen LogP contribution in [0.3, 0.4) is 0 Å². The van der Waals surface area contributed by atoms with Gasteiger partial charge in [-0.2, -0.15) is 0 Å². The van der Waals surface area contributed by atoms with Crippen molar-refractivity contribution in [2.75, 3.05) is 10.6 Å². The standard InChI is InChI=1S/C18H15N5O2/c1-12(24)22-16-8-7-15(11-19-16)23-18(25)14-9-20-17(21-10-14)13-5-3-2-4-6-13/h2-11H,1H3,(H,23,25)(H,19,22,24). The van der Waals surface area contributed by atoms with Crippen LogP contribution in [-0.4, -0.2) is 26.8 Å². The molecule has 124 valence electrons. The third-order valence-electron chi connectivity index (χ3n) is 3.27. The summed E-state index contributed by atoms with van der Waals surface area (Å²) in [7, 11) is 0. The normalized spacial score (nSPS) is 10.1. The van der Waals surface area contributed by atoms with Crippen molar-refractivity contribution < 1.29 is 9.59 Å². The van der Waals surface area contributed by atoms with Crippen molar-refractivity contribution in [3.8, 4) is 11.4 Å². The molecule has 0 atom stereocenters. The molecule has 0 unspecified atom stereocenters. The second-order valence-electron chi connectivity index (χ2n) is 5.23. The van der Waals surface area contributed by atoms with E-state index in [0.29, 0.717) is 22.9 Å². The van der Waals surface area contributed by atoms with Crippen molar-refractivity contribution in [3.63, 3.8) is 0 Å². The fraction of sp³-hybridized carbons (Fsp3) is 0.0556. The molecule has 2 N–H and O–H groups in total. The SMILES string of the molecule is CC(=O)Nc1ccc(NC(=O)c2cnc(-c3ccccc3)nc2)cn1. The summed E-state index contributed by atoms with van der Waals surface area (Å²) in [5.74, 6) is 0.424. The second-order valence-corrected chi connectivity index (χ2v) is 5.23. The van der Waals surface area contributed by atoms with Gasteiger partial charge in [0.25, 0.3) is 5.91 Å². The lowest BCUT2D eigenvalue weighted by molar-refractivity contribution is -0.114. The van der Waals surface area contributed by atoms with E-state index < -0.39 is 0 Å². The molecule has 2 amide bonds. The van der Waals surface area contributed by atoms with E-state index in [1.54, 1.807) is 12.1 Å². The van der Waals surface area contributed by atoms with E-state index in [-0.39, 0.29) is 11.8 Å². The quantitative estimate of drug-likeness (QED) is 0.765. The number of rotatable bonds is 4. The summed E-state index contributed by atoms with van der Waals surface area (Å²) in [6.45, 7) is 1.40. The van der Waals surface area contributed by atoms with Crippen LogP contribution in [0.5, 0.6) is 0 Å². The molecule has 25 heavy (non-hydrogen) atoms. The highest BCUT2D eigenvalue weighted by Gasteiger charge is 2.09. The molecule has 2 heterocycles. The van der Waals surface area contributed by atoms with Gasteiger partial charge in [0.05, 0.1) is 17.4 Å². The van der Waals surface area contributed by atoms with Gasteiger partial charge in [-0.1, -0.05) is 30.3 Å². The van der Waals surface area contributed by atoms with E-state index in [0.717, 1.165) is 5.56 Å². The third-order valence-corrected chi connectivity index (χ3v) is 3.27. The number of nitrogens with zero attached hydrogens (tertiary/aromatic N) is 3. The summed E-state index contributed by atoms with van der Waals surface area (Å²) in [5, 5.41) is 5.26. The van der Waals surface area contributed by atoms with E-state index in [9.17, 15) is 9.59 Å². The van der Waals surface area contributed by atoms with Gasteiger partial charge in [-0.25, -0.2) is 15.0 Å². The lowest BCUT2D eigenvalue weighted by atomic mass is 10.2. The first-order valence-corrected chi connectivity index (χ1v) is 7.54. The van der Waals surface area contributed by atoms with Gasteiger partial charge in [-0.05, 0) is 12.1 Å². The summed E-state index contributed by atoms with van der Waals surface area (Å²) in [5.41, 5.74) is 1.73. The number of anilines is 2. The molecule has 7 nitrogen and oxygen atoms in total. The molecule has 0 saturated heterocycles. The fourth-order valence-electron chi connectivity index (χ4n) is 2.11. The predicted molar refractivity (Wildman–Crippen MR) is 94.0 cm³/mol. The van der Waals surface area contributed by atoms with Crippen LogP contribution in [0, 0.1) is 0 Å². The number of amides is 2. The number of hydrogen-bond donors (Lipinski definition) is 2. The van der Waals surface area contributed by atoms with E-state index in [2.05, 4.69) is 25.6 Å². The Hall–Kier alpha value is -3.61. The van der Waals surface area contributed by atoms with Crippen LogP contribution in [0.25, 0.3) is 11.4 Å². The van der Waals surface area contributed by atoms with Gasteiger partial charge in [0, 0.05) is 24.9 Å². The second kappa shape index (κ2) is 7.31. The summed E-state index contributed by atoms with van der Waals surface area (Å²) in [6, 6.07) is 12.8. The Kier molecular flexibility index (Phi) is 4.75. The summed E-state index contributed by atoms with van der Waals surface area (Å²) < 4.78 is 0. The smallest absolute Gasteiger partial charge is 0.258 e. The predicted octanol–water partition coefficient (Wildman–Crippen LogP) is 2.75. The van der Waals surface area contributed by atoms with E-state index in [1.165, 1.54) is 25.5 Å². The van der Waals surface area contributed by atoms with Gasteiger partial charge in [-0.3, -0.25) is 9.59 Å². The fourth-order valence-corrected chi connectivity index (χ4v) is 2.11. The first-order valence-electron chi connectivity index (χ1n) is 7.54. The van der Waals surface area contributed by atoms with Crippen molar-refractivity contribution in [1.29, 1.82) is 0 Å². The maximum absolute atomic E-state index is 12.2. The molecule has 1 aromatic carbocycles. The Labute approximate surface area is 144 Å². The van der Waals surface area contributed by atoms with Crippen molar-refractivity contribution in [3.05, 3.63) is 66.6 Å². The number of carbonyl (C=O) groups is 2. The zero-order valence-electron chi connectivity index (χ0n) is 13.4. The molecule has 7 heteroatoms. The van der Waals surface area contributed by atoms with Crippen LogP contribution >= 0.6 is 0 Å². The maximum Gasteiger partial charge on any atom is 0.258 e. The summed E-state index contributed by atoms with van der Waals surface area (Å²) in [4.78, 5) is 35.7. The van der Waals surface area contributed by atoms with Gasteiger partial charge in [-0.15, -0.1) is 0 Å². The van der Waals surface area contributed by atoms with Crippen molar-refractivity contribution in [2.45, 2.75) is 6.92 Å². The first-order chi connectivity index (χ1) is 12.1. The Bertz CT molecular complexity index is 878. The van der Waals surface area contributed by atoms with Crippen molar-refractivity contribution >= 4 is 23.3 Å². The van der Waals surface area contributed by atoms with Gasteiger partial charge in [0.15, 0.2) is 5.82 Å². The minimum Gasteiger partial charge on any atom is -0.320 e. The Morgan fingerprint density at radius 3 is 2.16 bits per heavy atom. The van der Waals surface area contributed by atoms with Crippen LogP contribution in [0.15, 0.2) is 61.1 Å². The van der Waals surface area contributed by atoms with Crippen molar-refractivity contribution in [2.24, 2.45) is 0 Å². The number of benzene rings is 1. The molecule has 0 saturated carbocycles. The molecular weight excluding hydrogens is 318 g/mol. The van der Waals surface area contributed by atoms with Gasteiger partial charge in [0.2, 0.25) is 5.91 Å². The number of hydrogen-bond acceptors (Lipinski definition) is 5. The summed E-state index contributed by atoms with van der Waals surface area (Å²) >= 11 is 0. The zero-order valence-corrected chi connectivity index (χ0v) is 13.4. The Balaban J connectivity index is 1.68. The largest absolute Gasteiger partial charge is 0.320 e. The highest BCUT2D eigenvalue weighted by Crippen LogP contribution is 2.14.